The van der Waals surface area contributed by atoms with Crippen molar-refractivity contribution in [3.63, 3.8) is 0 Å². The van der Waals surface area contributed by atoms with Crippen LogP contribution in [0, 0.1) is 5.82 Å². The minimum absolute atomic E-state index is 0.0108. The standard InChI is InChI=1S/C19H22ClFN4O2/c1-3-14(25-10(2)8-16(23)26)12-4-5-13(20)17(18(12)21)19(27)11-6-7-24-15(22)9-11/h4-7,9-10,14,25H,3,8H2,1-2H3,(H2,22,24)(H2,23,26)/t10-,14-/m1/s1. The lowest BCUT2D eigenvalue weighted by atomic mass is 9.96. The van der Waals surface area contributed by atoms with Crippen molar-refractivity contribution >= 4 is 29.1 Å². The van der Waals surface area contributed by atoms with Crippen LogP contribution in [-0.4, -0.2) is 22.7 Å². The Kier molecular flexibility index (Phi) is 6.87. The van der Waals surface area contributed by atoms with Crippen molar-refractivity contribution < 1.29 is 14.0 Å². The van der Waals surface area contributed by atoms with Crippen LogP contribution in [0.5, 0.6) is 0 Å². The van der Waals surface area contributed by atoms with Gasteiger partial charge in [-0.15, -0.1) is 0 Å². The summed E-state index contributed by atoms with van der Waals surface area (Å²) in [6.07, 6.45) is 2.03. The first-order valence-electron chi connectivity index (χ1n) is 8.53. The lowest BCUT2D eigenvalue weighted by molar-refractivity contribution is -0.118. The summed E-state index contributed by atoms with van der Waals surface area (Å²) >= 11 is 6.12. The maximum absolute atomic E-state index is 15.2. The monoisotopic (exact) mass is 392 g/mol. The molecule has 0 saturated carbocycles. The van der Waals surface area contributed by atoms with E-state index in [-0.39, 0.29) is 34.4 Å². The van der Waals surface area contributed by atoms with Crippen molar-refractivity contribution in [2.45, 2.75) is 38.8 Å². The normalized spacial score (nSPS) is 13.2. The van der Waals surface area contributed by atoms with Gasteiger partial charge in [0.1, 0.15) is 11.6 Å². The summed E-state index contributed by atoms with van der Waals surface area (Å²) in [5.41, 5.74) is 11.1. The van der Waals surface area contributed by atoms with E-state index >= 15 is 4.39 Å². The Balaban J connectivity index is 2.41. The molecule has 0 aliphatic carbocycles. The summed E-state index contributed by atoms with van der Waals surface area (Å²) in [6.45, 7) is 3.65. The highest BCUT2D eigenvalue weighted by Crippen LogP contribution is 2.30. The molecule has 0 spiro atoms. The molecule has 5 N–H and O–H groups in total. The van der Waals surface area contributed by atoms with E-state index in [2.05, 4.69) is 10.3 Å². The van der Waals surface area contributed by atoms with E-state index in [0.29, 0.717) is 12.0 Å². The largest absolute Gasteiger partial charge is 0.384 e. The van der Waals surface area contributed by atoms with Crippen molar-refractivity contribution in [3.05, 3.63) is 58.0 Å². The van der Waals surface area contributed by atoms with Crippen LogP contribution in [0.2, 0.25) is 5.02 Å². The molecular weight excluding hydrogens is 371 g/mol. The minimum Gasteiger partial charge on any atom is -0.384 e. The fraction of sp³-hybridized carbons (Fsp3) is 0.316. The predicted molar refractivity (Wildman–Crippen MR) is 103 cm³/mol. The number of carbonyl (C=O) groups excluding carboxylic acids is 2. The molecule has 0 fully saturated rings. The molecule has 2 aromatic rings. The zero-order valence-corrected chi connectivity index (χ0v) is 15.9. The van der Waals surface area contributed by atoms with Crippen LogP contribution in [0.1, 0.15) is 54.2 Å². The summed E-state index contributed by atoms with van der Waals surface area (Å²) in [5.74, 6) is -1.57. The van der Waals surface area contributed by atoms with Crippen molar-refractivity contribution in [1.29, 1.82) is 0 Å². The van der Waals surface area contributed by atoms with E-state index < -0.39 is 23.5 Å². The summed E-state index contributed by atoms with van der Waals surface area (Å²) in [5, 5.41) is 3.18. The first-order valence-corrected chi connectivity index (χ1v) is 8.90. The molecule has 0 radical (unpaired) electrons. The average Bonchev–Trinajstić information content (AvgIpc) is 2.59. The Labute approximate surface area is 162 Å². The third-order valence-electron chi connectivity index (χ3n) is 4.17. The lowest BCUT2D eigenvalue weighted by Crippen LogP contribution is -2.34. The number of halogens is 2. The van der Waals surface area contributed by atoms with Gasteiger partial charge >= 0.3 is 0 Å². The number of anilines is 1. The first-order chi connectivity index (χ1) is 12.7. The fourth-order valence-electron chi connectivity index (χ4n) is 2.91. The number of hydrogen-bond acceptors (Lipinski definition) is 5. The molecule has 2 rings (SSSR count). The number of ketones is 1. The number of nitrogen functional groups attached to an aromatic ring is 1. The van der Waals surface area contributed by atoms with E-state index in [0.717, 1.165) is 0 Å². The van der Waals surface area contributed by atoms with Crippen LogP contribution in [0.3, 0.4) is 0 Å². The van der Waals surface area contributed by atoms with Crippen LogP contribution in [-0.2, 0) is 4.79 Å². The van der Waals surface area contributed by atoms with Crippen molar-refractivity contribution in [2.24, 2.45) is 5.73 Å². The molecule has 6 nitrogen and oxygen atoms in total. The molecule has 8 heteroatoms. The molecule has 0 saturated heterocycles. The first kappa shape index (κ1) is 20.8. The maximum Gasteiger partial charge on any atom is 0.218 e. The highest BCUT2D eigenvalue weighted by Gasteiger charge is 2.25. The third-order valence-corrected chi connectivity index (χ3v) is 4.48. The summed E-state index contributed by atoms with van der Waals surface area (Å²) < 4.78 is 15.2. The number of primary amides is 1. The van der Waals surface area contributed by atoms with Gasteiger partial charge in [0, 0.05) is 35.8 Å². The number of rotatable bonds is 8. The Hall–Kier alpha value is -2.51. The zero-order chi connectivity index (χ0) is 20.1. The van der Waals surface area contributed by atoms with E-state index in [1.807, 2.05) is 6.92 Å². The smallest absolute Gasteiger partial charge is 0.218 e. The van der Waals surface area contributed by atoms with Crippen LogP contribution in [0.15, 0.2) is 30.5 Å². The second-order valence-corrected chi connectivity index (χ2v) is 6.73. The van der Waals surface area contributed by atoms with Gasteiger partial charge in [-0.1, -0.05) is 24.6 Å². The van der Waals surface area contributed by atoms with Gasteiger partial charge < -0.3 is 16.8 Å². The van der Waals surface area contributed by atoms with E-state index in [4.69, 9.17) is 23.1 Å². The minimum atomic E-state index is -0.700. The number of nitrogens with zero attached hydrogens (tertiary/aromatic N) is 1. The number of hydrogen-bond donors (Lipinski definition) is 3. The average molecular weight is 393 g/mol. The SMILES string of the molecule is CC[C@@H](N[C@H](C)CC(N)=O)c1ccc(Cl)c(C(=O)c2ccnc(N)c2)c1F. The van der Waals surface area contributed by atoms with Crippen molar-refractivity contribution in [3.8, 4) is 0 Å². The van der Waals surface area contributed by atoms with Gasteiger partial charge in [0.15, 0.2) is 5.78 Å². The second kappa shape index (κ2) is 8.92. The second-order valence-electron chi connectivity index (χ2n) is 6.32. The molecule has 1 amide bonds. The molecule has 27 heavy (non-hydrogen) atoms. The van der Waals surface area contributed by atoms with E-state index in [1.165, 1.54) is 30.5 Å². The molecule has 1 heterocycles. The number of amides is 1. The van der Waals surface area contributed by atoms with Crippen molar-refractivity contribution in [1.82, 2.24) is 10.3 Å². The van der Waals surface area contributed by atoms with Gasteiger partial charge in [0.2, 0.25) is 5.91 Å². The Bertz CT molecular complexity index is 860. The molecule has 144 valence electrons. The number of carbonyl (C=O) groups is 2. The van der Waals surface area contributed by atoms with E-state index in [9.17, 15) is 9.59 Å². The van der Waals surface area contributed by atoms with Crippen LogP contribution < -0.4 is 16.8 Å². The topological polar surface area (TPSA) is 111 Å². The number of pyridine rings is 1. The van der Waals surface area contributed by atoms with Crippen LogP contribution in [0.25, 0.3) is 0 Å². The maximum atomic E-state index is 15.2. The van der Waals surface area contributed by atoms with E-state index in [1.54, 1.807) is 6.92 Å². The number of aromatic nitrogens is 1. The summed E-state index contributed by atoms with van der Waals surface area (Å²) in [6, 6.07) is 5.18. The molecule has 0 bridgehead atoms. The predicted octanol–water partition coefficient (Wildman–Crippen LogP) is 2.99. The number of benzene rings is 1. The Morgan fingerprint density at radius 2 is 2.04 bits per heavy atom. The van der Waals surface area contributed by atoms with Gasteiger partial charge in [-0.25, -0.2) is 9.37 Å². The Morgan fingerprint density at radius 3 is 2.63 bits per heavy atom. The molecular formula is C19H22ClFN4O2. The lowest BCUT2D eigenvalue weighted by Gasteiger charge is -2.23. The fourth-order valence-corrected chi connectivity index (χ4v) is 3.14. The molecule has 0 aliphatic rings. The van der Waals surface area contributed by atoms with Crippen LogP contribution in [0.4, 0.5) is 10.2 Å². The van der Waals surface area contributed by atoms with Gasteiger partial charge in [-0.3, -0.25) is 9.59 Å². The van der Waals surface area contributed by atoms with Crippen molar-refractivity contribution in [2.75, 3.05) is 5.73 Å². The number of nitrogens with one attached hydrogen (secondary N) is 1. The molecule has 1 aromatic carbocycles. The summed E-state index contributed by atoms with van der Waals surface area (Å²) in [4.78, 5) is 27.7. The molecule has 1 aromatic heterocycles. The molecule has 2 atom stereocenters. The van der Waals surface area contributed by atoms with Gasteiger partial charge in [-0.05, 0) is 31.5 Å². The molecule has 0 aliphatic heterocycles. The zero-order valence-electron chi connectivity index (χ0n) is 15.1. The Morgan fingerprint density at radius 1 is 1.33 bits per heavy atom. The number of nitrogens with two attached hydrogens (primary N) is 2. The van der Waals surface area contributed by atoms with Gasteiger partial charge in [0.05, 0.1) is 10.6 Å². The quantitative estimate of drug-likeness (QED) is 0.598. The highest BCUT2D eigenvalue weighted by molar-refractivity contribution is 6.35. The highest BCUT2D eigenvalue weighted by atomic mass is 35.5. The van der Waals surface area contributed by atoms with Gasteiger partial charge in [-0.2, -0.15) is 0 Å². The summed E-state index contributed by atoms with van der Waals surface area (Å²) in [7, 11) is 0. The third kappa shape index (κ3) is 5.02. The van der Waals surface area contributed by atoms with Crippen LogP contribution >= 0.6 is 11.6 Å². The van der Waals surface area contributed by atoms with Gasteiger partial charge in [0.25, 0.3) is 0 Å². The molecule has 0 unspecified atom stereocenters.